The number of carbonyl (C=O) groups is 2. The van der Waals surface area contributed by atoms with Crippen LogP contribution in [0.5, 0.6) is 0 Å². The van der Waals surface area contributed by atoms with Crippen molar-refractivity contribution in [3.63, 3.8) is 0 Å². The molecule has 1 aliphatic heterocycles. The van der Waals surface area contributed by atoms with Gasteiger partial charge in [0.05, 0.1) is 0 Å². The predicted octanol–water partition coefficient (Wildman–Crippen LogP) is 1.24. The summed E-state index contributed by atoms with van der Waals surface area (Å²) in [6.45, 7) is 2.25. The van der Waals surface area contributed by atoms with Crippen LogP contribution in [0.3, 0.4) is 0 Å². The number of piperidine rings is 1. The lowest BCUT2D eigenvalue weighted by Crippen LogP contribution is -2.44. The van der Waals surface area contributed by atoms with Gasteiger partial charge in [0.15, 0.2) is 0 Å². The van der Waals surface area contributed by atoms with E-state index in [1.54, 1.807) is 11.8 Å². The molecule has 0 aliphatic carbocycles. The first-order valence-electron chi connectivity index (χ1n) is 6.41. The van der Waals surface area contributed by atoms with Gasteiger partial charge in [-0.2, -0.15) is 4.98 Å². The minimum absolute atomic E-state index is 0.0452. The number of aliphatic carboxylic acids is 1. The first-order chi connectivity index (χ1) is 9.08. The van der Waals surface area contributed by atoms with Crippen LogP contribution in [-0.2, 0) is 4.79 Å². The predicted molar refractivity (Wildman–Crippen MR) is 64.6 cm³/mol. The lowest BCUT2D eigenvalue weighted by molar-refractivity contribution is -0.137. The Morgan fingerprint density at radius 2 is 2.26 bits per heavy atom. The summed E-state index contributed by atoms with van der Waals surface area (Å²) in [5, 5.41) is 12.4. The van der Waals surface area contributed by atoms with Crippen LogP contribution in [0.15, 0.2) is 4.52 Å². The molecule has 1 saturated heterocycles. The van der Waals surface area contributed by atoms with Crippen molar-refractivity contribution in [3.05, 3.63) is 11.7 Å². The number of carbonyl (C=O) groups excluding carboxylic acids is 1. The minimum Gasteiger partial charge on any atom is -0.481 e. The van der Waals surface area contributed by atoms with Crippen LogP contribution in [0.1, 0.15) is 48.6 Å². The number of aromatic nitrogens is 2. The highest BCUT2D eigenvalue weighted by atomic mass is 16.5. The number of carboxylic acid groups (broad SMARTS) is 1. The van der Waals surface area contributed by atoms with Crippen molar-refractivity contribution in [1.29, 1.82) is 0 Å². The fourth-order valence-corrected chi connectivity index (χ4v) is 2.37. The first kappa shape index (κ1) is 13.5. The van der Waals surface area contributed by atoms with Crippen LogP contribution < -0.4 is 0 Å². The number of amides is 1. The summed E-state index contributed by atoms with van der Waals surface area (Å²) in [4.78, 5) is 28.5. The second-order valence-corrected chi connectivity index (χ2v) is 4.72. The molecule has 0 aromatic carbocycles. The summed E-state index contributed by atoms with van der Waals surface area (Å²) < 4.78 is 4.81. The smallest absolute Gasteiger partial charge is 0.303 e. The molecule has 19 heavy (non-hydrogen) atoms. The number of nitrogens with zero attached hydrogens (tertiary/aromatic N) is 3. The molecule has 1 N–H and O–H groups in total. The zero-order valence-corrected chi connectivity index (χ0v) is 10.8. The van der Waals surface area contributed by atoms with Gasteiger partial charge < -0.3 is 14.5 Å². The van der Waals surface area contributed by atoms with Gasteiger partial charge >= 0.3 is 5.97 Å². The zero-order chi connectivity index (χ0) is 13.8. The van der Waals surface area contributed by atoms with Crippen LogP contribution in [0.4, 0.5) is 0 Å². The molecule has 1 aromatic heterocycles. The summed E-state index contributed by atoms with van der Waals surface area (Å²) in [5.41, 5.74) is 0. The van der Waals surface area contributed by atoms with Crippen LogP contribution in [0.25, 0.3) is 0 Å². The number of rotatable bonds is 4. The lowest BCUT2D eigenvalue weighted by Gasteiger charge is -2.34. The minimum atomic E-state index is -0.839. The molecule has 104 valence electrons. The highest BCUT2D eigenvalue weighted by Gasteiger charge is 2.30. The second-order valence-electron chi connectivity index (χ2n) is 4.72. The van der Waals surface area contributed by atoms with Crippen molar-refractivity contribution >= 4 is 11.9 Å². The molecule has 7 heteroatoms. The summed E-state index contributed by atoms with van der Waals surface area (Å²) in [6.07, 6.45) is 3.30. The number of carboxylic acids is 1. The van der Waals surface area contributed by atoms with Crippen molar-refractivity contribution in [1.82, 2.24) is 15.0 Å². The molecule has 1 fully saturated rings. The summed E-state index contributed by atoms with van der Waals surface area (Å²) in [6, 6.07) is -0.0452. The third kappa shape index (κ3) is 3.30. The van der Waals surface area contributed by atoms with Gasteiger partial charge in [0.25, 0.3) is 11.7 Å². The molecule has 2 heterocycles. The van der Waals surface area contributed by atoms with E-state index in [1.807, 2.05) is 0 Å². The third-order valence-electron chi connectivity index (χ3n) is 3.30. The molecule has 1 amide bonds. The maximum Gasteiger partial charge on any atom is 0.303 e. The number of likely N-dealkylation sites (tertiary alicyclic amines) is 1. The Bertz CT molecular complexity index is 471. The molecule has 1 aromatic rings. The van der Waals surface area contributed by atoms with E-state index in [-0.39, 0.29) is 24.2 Å². The Morgan fingerprint density at radius 1 is 1.47 bits per heavy atom. The van der Waals surface area contributed by atoms with Crippen LogP contribution >= 0.6 is 0 Å². The third-order valence-corrected chi connectivity index (χ3v) is 3.30. The van der Waals surface area contributed by atoms with Crippen molar-refractivity contribution in [2.45, 2.75) is 45.1 Å². The first-order valence-corrected chi connectivity index (χ1v) is 6.41. The average Bonchev–Trinajstić information content (AvgIpc) is 2.82. The van der Waals surface area contributed by atoms with Gasteiger partial charge in [-0.05, 0) is 25.7 Å². The zero-order valence-electron chi connectivity index (χ0n) is 10.8. The topological polar surface area (TPSA) is 96.5 Å². The second kappa shape index (κ2) is 5.81. The Balaban J connectivity index is 2.06. The largest absolute Gasteiger partial charge is 0.481 e. The van der Waals surface area contributed by atoms with E-state index in [4.69, 9.17) is 9.63 Å². The Hall–Kier alpha value is -1.92. The Labute approximate surface area is 110 Å². The number of hydrogen-bond donors (Lipinski definition) is 1. The van der Waals surface area contributed by atoms with Gasteiger partial charge in [-0.1, -0.05) is 5.16 Å². The van der Waals surface area contributed by atoms with E-state index in [0.717, 1.165) is 19.3 Å². The molecule has 2 rings (SSSR count). The van der Waals surface area contributed by atoms with E-state index >= 15 is 0 Å². The van der Waals surface area contributed by atoms with Gasteiger partial charge in [-0.3, -0.25) is 9.59 Å². The average molecular weight is 267 g/mol. The van der Waals surface area contributed by atoms with Crippen molar-refractivity contribution in [2.24, 2.45) is 0 Å². The molecule has 1 unspecified atom stereocenters. The van der Waals surface area contributed by atoms with E-state index in [1.165, 1.54) is 0 Å². The number of hydrogen-bond acceptors (Lipinski definition) is 5. The molecule has 0 bridgehead atoms. The molecule has 0 radical (unpaired) electrons. The van der Waals surface area contributed by atoms with Crippen LogP contribution in [0.2, 0.25) is 0 Å². The fraction of sp³-hybridized carbons (Fsp3) is 0.667. The van der Waals surface area contributed by atoms with Crippen LogP contribution in [-0.4, -0.2) is 44.6 Å². The maximum atomic E-state index is 12.3. The van der Waals surface area contributed by atoms with E-state index in [2.05, 4.69) is 10.1 Å². The quantitative estimate of drug-likeness (QED) is 0.881. The van der Waals surface area contributed by atoms with E-state index in [9.17, 15) is 9.59 Å². The van der Waals surface area contributed by atoms with Gasteiger partial charge in [0, 0.05) is 25.9 Å². The van der Waals surface area contributed by atoms with Crippen molar-refractivity contribution in [2.75, 3.05) is 6.54 Å². The van der Waals surface area contributed by atoms with Crippen LogP contribution in [0, 0.1) is 6.92 Å². The molecule has 1 aliphatic rings. The molecular weight excluding hydrogens is 250 g/mol. The number of aryl methyl sites for hydroxylation is 1. The highest BCUT2D eigenvalue weighted by molar-refractivity contribution is 5.90. The Morgan fingerprint density at radius 3 is 2.89 bits per heavy atom. The van der Waals surface area contributed by atoms with Gasteiger partial charge in [0.1, 0.15) is 0 Å². The van der Waals surface area contributed by atoms with Crippen molar-refractivity contribution in [3.8, 4) is 0 Å². The monoisotopic (exact) mass is 267 g/mol. The molecule has 0 spiro atoms. The fourth-order valence-electron chi connectivity index (χ4n) is 2.37. The van der Waals surface area contributed by atoms with Gasteiger partial charge in [-0.15, -0.1) is 0 Å². The van der Waals surface area contributed by atoms with Gasteiger partial charge in [-0.25, -0.2) is 0 Å². The maximum absolute atomic E-state index is 12.3. The molecule has 7 nitrogen and oxygen atoms in total. The SMILES string of the molecule is Cc1nc(C(=O)N2CCCCC2CCC(=O)O)no1. The van der Waals surface area contributed by atoms with Crippen molar-refractivity contribution < 1.29 is 19.2 Å². The Kier molecular flexibility index (Phi) is 4.13. The molecule has 0 saturated carbocycles. The molecular formula is C12H17N3O4. The lowest BCUT2D eigenvalue weighted by atomic mass is 9.98. The van der Waals surface area contributed by atoms with E-state index < -0.39 is 5.97 Å². The summed E-state index contributed by atoms with van der Waals surface area (Å²) in [7, 11) is 0. The molecule has 1 atom stereocenters. The standard InChI is InChI=1S/C12H17N3O4/c1-8-13-11(14-19-8)12(18)15-7-3-2-4-9(15)5-6-10(16)17/h9H,2-7H2,1H3,(H,16,17). The normalized spacial score (nSPS) is 19.4. The summed E-state index contributed by atoms with van der Waals surface area (Å²) >= 11 is 0. The summed E-state index contributed by atoms with van der Waals surface area (Å²) in [5.74, 6) is -0.706. The van der Waals surface area contributed by atoms with Gasteiger partial charge in [0.2, 0.25) is 5.89 Å². The van der Waals surface area contributed by atoms with E-state index in [0.29, 0.717) is 18.9 Å². The highest BCUT2D eigenvalue weighted by Crippen LogP contribution is 2.22.